The molecule has 1 rings (SSSR count). The zero-order chi connectivity index (χ0) is 12.0. The largest absolute Gasteiger partial charge is 0.487 e. The van der Waals surface area contributed by atoms with Gasteiger partial charge in [0.25, 0.3) is 0 Å². The van der Waals surface area contributed by atoms with E-state index in [9.17, 15) is 5.11 Å². The van der Waals surface area contributed by atoms with Crippen LogP contribution in [0.3, 0.4) is 0 Å². The molecule has 1 aromatic carbocycles. The Balaban J connectivity index is 2.54. The number of aliphatic hydroxyl groups excluding tert-OH is 1. The molecule has 16 heavy (non-hydrogen) atoms. The maximum absolute atomic E-state index is 10.0. The standard InChI is InChI=1S/C13H18O2S/c1-3-15-13(16)9-12(14)10(2)11-7-5-4-6-8-11/h4-8,10,12,14H,3,9H2,1-2H3/t10-,12+/m0/s1. The molecule has 2 nitrogen and oxygen atoms in total. The van der Waals surface area contributed by atoms with Crippen molar-refractivity contribution in [1.82, 2.24) is 0 Å². The van der Waals surface area contributed by atoms with E-state index in [4.69, 9.17) is 17.0 Å². The first kappa shape index (κ1) is 13.1. The van der Waals surface area contributed by atoms with E-state index >= 15 is 0 Å². The molecule has 0 aromatic heterocycles. The van der Waals surface area contributed by atoms with Crippen LogP contribution in [-0.2, 0) is 4.74 Å². The Morgan fingerprint density at radius 1 is 1.38 bits per heavy atom. The quantitative estimate of drug-likeness (QED) is 0.800. The zero-order valence-corrected chi connectivity index (χ0v) is 10.5. The monoisotopic (exact) mass is 238 g/mol. The number of hydrogen-bond donors (Lipinski definition) is 1. The van der Waals surface area contributed by atoms with E-state index in [0.29, 0.717) is 18.1 Å². The highest BCUT2D eigenvalue weighted by molar-refractivity contribution is 7.80. The fraction of sp³-hybridized carbons (Fsp3) is 0.462. The molecule has 0 aliphatic rings. The number of aliphatic hydroxyl groups is 1. The second-order valence-electron chi connectivity index (χ2n) is 3.78. The van der Waals surface area contributed by atoms with E-state index in [-0.39, 0.29) is 5.92 Å². The molecule has 1 aromatic rings. The summed E-state index contributed by atoms with van der Waals surface area (Å²) in [5.41, 5.74) is 1.12. The van der Waals surface area contributed by atoms with E-state index in [2.05, 4.69) is 0 Å². The number of rotatable bonds is 5. The first-order valence-corrected chi connectivity index (χ1v) is 5.94. The number of thiocarbonyl (C=S) groups is 1. The Morgan fingerprint density at radius 3 is 2.56 bits per heavy atom. The lowest BCUT2D eigenvalue weighted by Crippen LogP contribution is -2.20. The van der Waals surface area contributed by atoms with Crippen molar-refractivity contribution in [3.63, 3.8) is 0 Å². The molecule has 3 heteroatoms. The van der Waals surface area contributed by atoms with E-state index in [1.807, 2.05) is 44.2 Å². The molecule has 1 N–H and O–H groups in total. The van der Waals surface area contributed by atoms with Crippen LogP contribution in [0.2, 0.25) is 0 Å². The van der Waals surface area contributed by atoms with Gasteiger partial charge >= 0.3 is 0 Å². The summed E-state index contributed by atoms with van der Waals surface area (Å²) in [5, 5.41) is 10.5. The molecule has 0 unspecified atom stereocenters. The summed E-state index contributed by atoms with van der Waals surface area (Å²) < 4.78 is 5.17. The van der Waals surface area contributed by atoms with Gasteiger partial charge in [0.05, 0.1) is 12.7 Å². The summed E-state index contributed by atoms with van der Waals surface area (Å²) in [6, 6.07) is 9.93. The van der Waals surface area contributed by atoms with Crippen LogP contribution in [0, 0.1) is 0 Å². The summed E-state index contributed by atoms with van der Waals surface area (Å²) in [6.07, 6.45) is -0.0689. The summed E-state index contributed by atoms with van der Waals surface area (Å²) in [5.74, 6) is 0.0691. The van der Waals surface area contributed by atoms with E-state index in [1.165, 1.54) is 0 Å². The normalized spacial score (nSPS) is 14.2. The summed E-state index contributed by atoms with van der Waals surface area (Å²) in [7, 11) is 0. The summed E-state index contributed by atoms with van der Waals surface area (Å²) >= 11 is 5.02. The predicted octanol–water partition coefficient (Wildman–Crippen LogP) is 2.91. The highest BCUT2D eigenvalue weighted by Gasteiger charge is 2.18. The number of benzene rings is 1. The van der Waals surface area contributed by atoms with Crippen molar-refractivity contribution in [3.05, 3.63) is 35.9 Å². The van der Waals surface area contributed by atoms with Gasteiger partial charge in [-0.3, -0.25) is 0 Å². The highest BCUT2D eigenvalue weighted by Crippen LogP contribution is 2.21. The van der Waals surface area contributed by atoms with Crippen LogP contribution in [0.4, 0.5) is 0 Å². The molecule has 0 bridgehead atoms. The Morgan fingerprint density at radius 2 is 2.00 bits per heavy atom. The molecule has 2 atom stereocenters. The molecule has 0 aliphatic heterocycles. The minimum Gasteiger partial charge on any atom is -0.487 e. The second-order valence-corrected chi connectivity index (χ2v) is 4.23. The van der Waals surface area contributed by atoms with Crippen molar-refractivity contribution in [1.29, 1.82) is 0 Å². The van der Waals surface area contributed by atoms with Crippen LogP contribution >= 0.6 is 12.2 Å². The molecule has 88 valence electrons. The molecule has 0 radical (unpaired) electrons. The third kappa shape index (κ3) is 3.91. The van der Waals surface area contributed by atoms with Gasteiger partial charge in [0, 0.05) is 12.3 Å². The van der Waals surface area contributed by atoms with E-state index in [1.54, 1.807) is 0 Å². The lowest BCUT2D eigenvalue weighted by atomic mass is 9.94. The van der Waals surface area contributed by atoms with Crippen molar-refractivity contribution in [3.8, 4) is 0 Å². The third-order valence-corrected chi connectivity index (χ3v) is 2.87. The lowest BCUT2D eigenvalue weighted by molar-refractivity contribution is 0.149. The number of hydrogen-bond acceptors (Lipinski definition) is 3. The van der Waals surface area contributed by atoms with Crippen LogP contribution in [-0.4, -0.2) is 22.9 Å². The third-order valence-electron chi connectivity index (χ3n) is 2.58. The van der Waals surface area contributed by atoms with Gasteiger partial charge < -0.3 is 9.84 Å². The highest BCUT2D eigenvalue weighted by atomic mass is 32.1. The minimum absolute atomic E-state index is 0.0691. The smallest absolute Gasteiger partial charge is 0.162 e. The molecule has 0 saturated carbocycles. The van der Waals surface area contributed by atoms with Gasteiger partial charge in [0.15, 0.2) is 5.05 Å². The first-order chi connectivity index (χ1) is 7.65. The Hall–Kier alpha value is -0.930. The second kappa shape index (κ2) is 6.61. The lowest BCUT2D eigenvalue weighted by Gasteiger charge is -2.19. The van der Waals surface area contributed by atoms with Crippen LogP contribution < -0.4 is 0 Å². The Bertz CT molecular complexity index is 324. The number of ether oxygens (including phenoxy) is 1. The molecule has 0 fully saturated rings. The van der Waals surface area contributed by atoms with Crippen LogP contribution in [0.15, 0.2) is 30.3 Å². The van der Waals surface area contributed by atoms with Gasteiger partial charge in [-0.05, 0) is 24.7 Å². The average molecular weight is 238 g/mol. The van der Waals surface area contributed by atoms with Crippen molar-refractivity contribution in [2.24, 2.45) is 0 Å². The predicted molar refractivity (Wildman–Crippen MR) is 69.7 cm³/mol. The van der Waals surface area contributed by atoms with Gasteiger partial charge in [-0.15, -0.1) is 0 Å². The van der Waals surface area contributed by atoms with Gasteiger partial charge in [-0.25, -0.2) is 0 Å². The Labute approximate surface area is 102 Å². The van der Waals surface area contributed by atoms with Crippen molar-refractivity contribution < 1.29 is 9.84 Å². The van der Waals surface area contributed by atoms with E-state index < -0.39 is 6.10 Å². The molecule has 0 aliphatic carbocycles. The van der Waals surface area contributed by atoms with Gasteiger partial charge in [0.2, 0.25) is 0 Å². The van der Waals surface area contributed by atoms with E-state index in [0.717, 1.165) is 5.56 Å². The molecule has 0 spiro atoms. The molecule has 0 amide bonds. The summed E-state index contributed by atoms with van der Waals surface area (Å²) in [6.45, 7) is 4.44. The van der Waals surface area contributed by atoms with Crippen LogP contribution in [0.5, 0.6) is 0 Å². The van der Waals surface area contributed by atoms with Crippen molar-refractivity contribution in [2.75, 3.05) is 6.61 Å². The van der Waals surface area contributed by atoms with Gasteiger partial charge in [-0.2, -0.15) is 0 Å². The molecule has 0 heterocycles. The van der Waals surface area contributed by atoms with Crippen molar-refractivity contribution in [2.45, 2.75) is 32.3 Å². The van der Waals surface area contributed by atoms with Crippen molar-refractivity contribution >= 4 is 17.3 Å². The van der Waals surface area contributed by atoms with Gasteiger partial charge in [-0.1, -0.05) is 37.3 Å². The summed E-state index contributed by atoms with van der Waals surface area (Å²) in [4.78, 5) is 0. The average Bonchev–Trinajstić information content (AvgIpc) is 2.29. The fourth-order valence-corrected chi connectivity index (χ4v) is 1.83. The maximum Gasteiger partial charge on any atom is 0.162 e. The SMILES string of the molecule is CCOC(=S)C[C@@H](O)[C@@H](C)c1ccccc1. The van der Waals surface area contributed by atoms with Crippen LogP contribution in [0.1, 0.15) is 31.7 Å². The zero-order valence-electron chi connectivity index (χ0n) is 9.72. The van der Waals surface area contributed by atoms with Gasteiger partial charge in [0.1, 0.15) is 0 Å². The minimum atomic E-state index is -0.485. The van der Waals surface area contributed by atoms with Crippen LogP contribution in [0.25, 0.3) is 0 Å². The molecular formula is C13H18O2S. The molecular weight excluding hydrogens is 220 g/mol. The molecule has 0 saturated heterocycles. The fourth-order valence-electron chi connectivity index (χ4n) is 1.55. The topological polar surface area (TPSA) is 29.5 Å². The Kier molecular flexibility index (Phi) is 5.43. The first-order valence-electron chi connectivity index (χ1n) is 5.53. The maximum atomic E-state index is 10.0.